The summed E-state index contributed by atoms with van der Waals surface area (Å²) < 4.78 is 38.4. The highest BCUT2D eigenvalue weighted by molar-refractivity contribution is 5.49. The Bertz CT molecular complexity index is 468. The Morgan fingerprint density at radius 1 is 1.20 bits per heavy atom. The molecule has 2 aliphatic rings. The molecule has 110 valence electrons. The van der Waals surface area contributed by atoms with Crippen LogP contribution in [-0.2, 0) is 6.18 Å². The second-order valence-corrected chi connectivity index (χ2v) is 5.75. The molecule has 0 aromatic heterocycles. The van der Waals surface area contributed by atoms with Crippen LogP contribution in [0.25, 0.3) is 0 Å². The van der Waals surface area contributed by atoms with Gasteiger partial charge in [-0.1, -0.05) is 6.07 Å². The molecule has 3 rings (SSSR count). The van der Waals surface area contributed by atoms with Gasteiger partial charge in [-0.15, -0.1) is 0 Å². The highest BCUT2D eigenvalue weighted by atomic mass is 19.4. The van der Waals surface area contributed by atoms with E-state index in [1.54, 1.807) is 6.07 Å². The van der Waals surface area contributed by atoms with Crippen LogP contribution in [-0.4, -0.2) is 25.7 Å². The average Bonchev–Trinajstić information content (AvgIpc) is 3.24. The summed E-state index contributed by atoms with van der Waals surface area (Å²) >= 11 is 0. The summed E-state index contributed by atoms with van der Waals surface area (Å²) in [5, 5.41) is 3.52. The van der Waals surface area contributed by atoms with Gasteiger partial charge in [0.05, 0.1) is 5.56 Å². The van der Waals surface area contributed by atoms with Crippen LogP contribution in [0.2, 0.25) is 0 Å². The molecular formula is C15H19F3N2. The SMILES string of the molecule is FC(F)(F)c1cccc(N2CCCNC(C3CC3)C2)c1. The molecule has 1 atom stereocenters. The lowest BCUT2D eigenvalue weighted by Gasteiger charge is -2.27. The van der Waals surface area contributed by atoms with Crippen LogP contribution in [0.4, 0.5) is 18.9 Å². The third-order valence-electron chi connectivity index (χ3n) is 4.16. The lowest BCUT2D eigenvalue weighted by atomic mass is 10.1. The number of alkyl halides is 3. The number of anilines is 1. The summed E-state index contributed by atoms with van der Waals surface area (Å²) in [4.78, 5) is 2.10. The van der Waals surface area contributed by atoms with Crippen molar-refractivity contribution >= 4 is 5.69 Å². The van der Waals surface area contributed by atoms with Gasteiger partial charge < -0.3 is 10.2 Å². The first-order valence-electron chi connectivity index (χ1n) is 7.19. The van der Waals surface area contributed by atoms with E-state index in [0.717, 1.165) is 32.1 Å². The van der Waals surface area contributed by atoms with Crippen molar-refractivity contribution in [2.24, 2.45) is 5.92 Å². The van der Waals surface area contributed by atoms with Gasteiger partial charge in [-0.05, 0) is 49.9 Å². The molecule has 5 heteroatoms. The minimum Gasteiger partial charge on any atom is -0.370 e. The lowest BCUT2D eigenvalue weighted by molar-refractivity contribution is -0.137. The fourth-order valence-electron chi connectivity index (χ4n) is 2.88. The third kappa shape index (κ3) is 3.08. The van der Waals surface area contributed by atoms with Crippen molar-refractivity contribution in [3.8, 4) is 0 Å². The first-order valence-corrected chi connectivity index (χ1v) is 7.19. The number of nitrogens with one attached hydrogen (secondary N) is 1. The van der Waals surface area contributed by atoms with Crippen LogP contribution in [0.5, 0.6) is 0 Å². The Morgan fingerprint density at radius 3 is 2.70 bits per heavy atom. The molecule has 1 saturated carbocycles. The molecule has 20 heavy (non-hydrogen) atoms. The summed E-state index contributed by atoms with van der Waals surface area (Å²) in [6.45, 7) is 2.58. The summed E-state index contributed by atoms with van der Waals surface area (Å²) in [6.07, 6.45) is -0.808. The smallest absolute Gasteiger partial charge is 0.370 e. The normalized spacial score (nSPS) is 24.6. The third-order valence-corrected chi connectivity index (χ3v) is 4.16. The van der Waals surface area contributed by atoms with Crippen molar-refractivity contribution in [3.63, 3.8) is 0 Å². The quantitative estimate of drug-likeness (QED) is 0.896. The summed E-state index contributed by atoms with van der Waals surface area (Å²) in [7, 11) is 0. The fourth-order valence-corrected chi connectivity index (χ4v) is 2.88. The summed E-state index contributed by atoms with van der Waals surface area (Å²) in [6, 6.07) is 6.12. The Hall–Kier alpha value is -1.23. The molecule has 1 aromatic carbocycles. The van der Waals surface area contributed by atoms with Crippen molar-refractivity contribution in [2.45, 2.75) is 31.5 Å². The Balaban J connectivity index is 1.79. The number of nitrogens with zero attached hydrogens (tertiary/aromatic N) is 1. The van der Waals surface area contributed by atoms with Gasteiger partial charge in [0.2, 0.25) is 0 Å². The topological polar surface area (TPSA) is 15.3 Å². The van der Waals surface area contributed by atoms with Crippen LogP contribution in [0, 0.1) is 5.92 Å². The monoisotopic (exact) mass is 284 g/mol. The van der Waals surface area contributed by atoms with Crippen LogP contribution in [0.15, 0.2) is 24.3 Å². The van der Waals surface area contributed by atoms with Crippen molar-refractivity contribution in [1.29, 1.82) is 0 Å². The molecule has 0 spiro atoms. The first-order chi connectivity index (χ1) is 9.54. The van der Waals surface area contributed by atoms with E-state index in [1.165, 1.54) is 25.0 Å². The molecule has 1 heterocycles. The van der Waals surface area contributed by atoms with Crippen LogP contribution < -0.4 is 10.2 Å². The Morgan fingerprint density at radius 2 is 2.00 bits per heavy atom. The van der Waals surface area contributed by atoms with Gasteiger partial charge in [0.1, 0.15) is 0 Å². The molecule has 1 N–H and O–H groups in total. The lowest BCUT2D eigenvalue weighted by Crippen LogP contribution is -2.39. The first kappa shape index (κ1) is 13.7. The van der Waals surface area contributed by atoms with Gasteiger partial charge in [-0.25, -0.2) is 0 Å². The number of hydrogen-bond acceptors (Lipinski definition) is 2. The highest BCUT2D eigenvalue weighted by Gasteiger charge is 2.34. The van der Waals surface area contributed by atoms with E-state index in [9.17, 15) is 13.2 Å². The standard InChI is InChI=1S/C15H19F3N2/c16-15(17,18)12-3-1-4-13(9-12)20-8-2-7-19-14(10-20)11-5-6-11/h1,3-4,9,11,14,19H,2,5-8,10H2. The van der Waals surface area contributed by atoms with Crippen LogP contribution in [0.1, 0.15) is 24.8 Å². The molecule has 1 unspecified atom stereocenters. The van der Waals surface area contributed by atoms with E-state index in [1.807, 2.05) is 0 Å². The van der Waals surface area contributed by atoms with E-state index in [0.29, 0.717) is 17.6 Å². The molecule has 0 bridgehead atoms. The molecule has 1 aliphatic carbocycles. The van der Waals surface area contributed by atoms with Crippen LogP contribution in [0.3, 0.4) is 0 Å². The van der Waals surface area contributed by atoms with Gasteiger partial charge in [-0.3, -0.25) is 0 Å². The largest absolute Gasteiger partial charge is 0.416 e. The molecule has 0 radical (unpaired) electrons. The summed E-state index contributed by atoms with van der Waals surface area (Å²) in [5.41, 5.74) is 0.129. The summed E-state index contributed by atoms with van der Waals surface area (Å²) in [5.74, 6) is 0.710. The zero-order valence-corrected chi connectivity index (χ0v) is 11.3. The van der Waals surface area contributed by atoms with E-state index in [4.69, 9.17) is 0 Å². The van der Waals surface area contributed by atoms with Crippen molar-refractivity contribution < 1.29 is 13.2 Å². The maximum atomic E-state index is 12.8. The Labute approximate surface area is 117 Å². The van der Waals surface area contributed by atoms with E-state index in [2.05, 4.69) is 10.2 Å². The van der Waals surface area contributed by atoms with Gasteiger partial charge in [0.15, 0.2) is 0 Å². The molecule has 1 saturated heterocycles. The Kier molecular flexibility index (Phi) is 3.63. The van der Waals surface area contributed by atoms with E-state index in [-0.39, 0.29) is 0 Å². The molecule has 2 fully saturated rings. The maximum absolute atomic E-state index is 12.8. The zero-order chi connectivity index (χ0) is 14.2. The minimum absolute atomic E-state index is 0.423. The van der Waals surface area contributed by atoms with Crippen LogP contribution >= 0.6 is 0 Å². The predicted octanol–water partition coefficient (Wildman–Crippen LogP) is 3.28. The maximum Gasteiger partial charge on any atom is 0.416 e. The van der Waals surface area contributed by atoms with E-state index < -0.39 is 11.7 Å². The van der Waals surface area contributed by atoms with Crippen molar-refractivity contribution in [1.82, 2.24) is 5.32 Å². The number of rotatable bonds is 2. The molecule has 0 amide bonds. The molecule has 2 nitrogen and oxygen atoms in total. The second kappa shape index (κ2) is 5.28. The fraction of sp³-hybridized carbons (Fsp3) is 0.600. The van der Waals surface area contributed by atoms with Crippen molar-refractivity contribution in [2.75, 3.05) is 24.5 Å². The molecular weight excluding hydrogens is 265 g/mol. The second-order valence-electron chi connectivity index (χ2n) is 5.75. The predicted molar refractivity (Wildman–Crippen MR) is 72.8 cm³/mol. The van der Waals surface area contributed by atoms with Gasteiger partial charge >= 0.3 is 6.18 Å². The van der Waals surface area contributed by atoms with Crippen molar-refractivity contribution in [3.05, 3.63) is 29.8 Å². The number of benzene rings is 1. The number of hydrogen-bond donors (Lipinski definition) is 1. The van der Waals surface area contributed by atoms with E-state index >= 15 is 0 Å². The zero-order valence-electron chi connectivity index (χ0n) is 11.3. The average molecular weight is 284 g/mol. The number of halogens is 3. The van der Waals surface area contributed by atoms with Gasteiger partial charge in [0.25, 0.3) is 0 Å². The highest BCUT2D eigenvalue weighted by Crippen LogP contribution is 2.35. The molecule has 1 aliphatic heterocycles. The molecule has 1 aromatic rings. The van der Waals surface area contributed by atoms with Gasteiger partial charge in [0, 0.05) is 24.8 Å². The van der Waals surface area contributed by atoms with Gasteiger partial charge in [-0.2, -0.15) is 13.2 Å². The minimum atomic E-state index is -4.27.